The van der Waals surface area contributed by atoms with Crippen LogP contribution in [-0.4, -0.2) is 25.2 Å². The van der Waals surface area contributed by atoms with Crippen molar-refractivity contribution >= 4 is 5.91 Å². The summed E-state index contributed by atoms with van der Waals surface area (Å²) in [5.74, 6) is 0.0691. The van der Waals surface area contributed by atoms with Crippen LogP contribution in [0.1, 0.15) is 32.6 Å². The first-order valence-electron chi connectivity index (χ1n) is 6.24. The maximum atomic E-state index is 11.6. The Hall–Kier alpha value is -0.780. The van der Waals surface area contributed by atoms with Gasteiger partial charge in [-0.1, -0.05) is 6.92 Å². The Labute approximate surface area is 104 Å². The van der Waals surface area contributed by atoms with E-state index >= 15 is 0 Å². The second kappa shape index (κ2) is 4.11. The minimum atomic E-state index is -3.95. The maximum absolute atomic E-state index is 11.6. The summed E-state index contributed by atoms with van der Waals surface area (Å²) in [5, 5.41) is 3.21. The zero-order valence-electron chi connectivity index (χ0n) is 10.4. The van der Waals surface area contributed by atoms with Crippen molar-refractivity contribution in [2.75, 3.05) is 13.1 Å². The van der Waals surface area contributed by atoms with Gasteiger partial charge < -0.3 is 11.1 Å². The van der Waals surface area contributed by atoms with E-state index in [4.69, 9.17) is 5.73 Å². The van der Waals surface area contributed by atoms with Crippen molar-refractivity contribution in [3.63, 3.8) is 0 Å². The fraction of sp³-hybridized carbons (Fsp3) is 0.917. The van der Waals surface area contributed by atoms with Gasteiger partial charge in [0.15, 0.2) is 0 Å². The van der Waals surface area contributed by atoms with Crippen LogP contribution in [0.25, 0.3) is 0 Å². The van der Waals surface area contributed by atoms with E-state index in [-0.39, 0.29) is 11.8 Å². The third kappa shape index (κ3) is 2.48. The average molecular weight is 264 g/mol. The molecule has 3 fully saturated rings. The second-order valence-corrected chi connectivity index (χ2v) is 6.17. The van der Waals surface area contributed by atoms with Crippen molar-refractivity contribution < 1.29 is 18.0 Å². The van der Waals surface area contributed by atoms with Crippen LogP contribution in [0.5, 0.6) is 0 Å². The summed E-state index contributed by atoms with van der Waals surface area (Å²) in [7, 11) is 0. The molecular weight excluding hydrogens is 245 g/mol. The van der Waals surface area contributed by atoms with Crippen LogP contribution < -0.4 is 11.1 Å². The van der Waals surface area contributed by atoms with Crippen LogP contribution in [0.2, 0.25) is 0 Å². The molecule has 0 unspecified atom stereocenters. The van der Waals surface area contributed by atoms with Crippen LogP contribution in [0.15, 0.2) is 0 Å². The molecule has 0 bridgehead atoms. The van der Waals surface area contributed by atoms with Crippen molar-refractivity contribution in [3.05, 3.63) is 0 Å². The zero-order valence-corrected chi connectivity index (χ0v) is 10.4. The molecule has 3 rings (SSSR count). The summed E-state index contributed by atoms with van der Waals surface area (Å²) in [5.41, 5.74) is 4.31. The molecule has 3 N–H and O–H groups in total. The molecule has 0 aromatic carbocycles. The monoisotopic (exact) mass is 264 g/mol. The number of rotatable bonds is 1. The van der Waals surface area contributed by atoms with Crippen molar-refractivity contribution in [1.82, 2.24) is 5.32 Å². The lowest BCUT2D eigenvalue weighted by Gasteiger charge is -2.53. The van der Waals surface area contributed by atoms with Gasteiger partial charge in [0.2, 0.25) is 5.91 Å². The van der Waals surface area contributed by atoms with Gasteiger partial charge in [0, 0.05) is 19.0 Å². The molecule has 1 aliphatic heterocycles. The van der Waals surface area contributed by atoms with Gasteiger partial charge in [0.1, 0.15) is 0 Å². The Morgan fingerprint density at radius 1 is 1.28 bits per heavy atom. The molecule has 3 nitrogen and oxygen atoms in total. The van der Waals surface area contributed by atoms with E-state index in [1.165, 1.54) is 6.92 Å². The molecule has 2 saturated carbocycles. The predicted molar refractivity (Wildman–Crippen MR) is 60.6 cm³/mol. The minimum absolute atomic E-state index is 0.113. The number of nitrogens with two attached hydrogens (primary N) is 1. The number of alkyl halides is 3. The number of carbonyl (C=O) groups excluding carboxylic acids is 1. The van der Waals surface area contributed by atoms with Crippen LogP contribution in [-0.2, 0) is 4.79 Å². The highest BCUT2D eigenvalue weighted by molar-refractivity contribution is 5.77. The molecular formula is C12H19F3N2O. The molecule has 0 aromatic heterocycles. The Balaban J connectivity index is 0.000000138. The molecule has 1 saturated heterocycles. The zero-order chi connectivity index (χ0) is 13.6. The Morgan fingerprint density at radius 3 is 1.94 bits per heavy atom. The average Bonchev–Trinajstić information content (AvgIpc) is 2.78. The van der Waals surface area contributed by atoms with E-state index in [1.54, 1.807) is 0 Å². The summed E-state index contributed by atoms with van der Waals surface area (Å²) in [6.45, 7) is 3.44. The van der Waals surface area contributed by atoms with Gasteiger partial charge in [-0.05, 0) is 31.1 Å². The Morgan fingerprint density at radius 2 is 1.78 bits per heavy atom. The first-order valence-corrected chi connectivity index (χ1v) is 6.24. The number of halogens is 3. The van der Waals surface area contributed by atoms with Gasteiger partial charge in [-0.2, -0.15) is 13.2 Å². The highest BCUT2D eigenvalue weighted by atomic mass is 19.4. The van der Waals surface area contributed by atoms with Gasteiger partial charge in [-0.15, -0.1) is 0 Å². The number of amides is 1. The summed E-state index contributed by atoms with van der Waals surface area (Å²) >= 11 is 0. The number of hydrogen-bond donors (Lipinski definition) is 2. The lowest BCUT2D eigenvalue weighted by atomic mass is 9.58. The van der Waals surface area contributed by atoms with Crippen molar-refractivity contribution in [1.29, 1.82) is 0 Å². The van der Waals surface area contributed by atoms with Crippen molar-refractivity contribution in [3.8, 4) is 0 Å². The highest BCUT2D eigenvalue weighted by Crippen LogP contribution is 2.56. The highest BCUT2D eigenvalue weighted by Gasteiger charge is 2.59. The van der Waals surface area contributed by atoms with Crippen molar-refractivity contribution in [2.24, 2.45) is 22.5 Å². The molecule has 104 valence electrons. The van der Waals surface area contributed by atoms with Gasteiger partial charge >= 0.3 is 6.18 Å². The van der Waals surface area contributed by atoms with E-state index in [0.717, 1.165) is 25.9 Å². The van der Waals surface area contributed by atoms with Crippen LogP contribution in [0.3, 0.4) is 0 Å². The summed E-state index contributed by atoms with van der Waals surface area (Å²) in [6, 6.07) is 0. The fourth-order valence-corrected chi connectivity index (χ4v) is 2.42. The third-order valence-corrected chi connectivity index (χ3v) is 4.45. The third-order valence-electron chi connectivity index (χ3n) is 4.45. The number of hydrogen-bond acceptors (Lipinski definition) is 2. The molecule has 1 spiro atoms. The van der Waals surface area contributed by atoms with E-state index < -0.39 is 11.6 Å². The summed E-state index contributed by atoms with van der Waals surface area (Å²) in [6.07, 6.45) is -1.27. The van der Waals surface area contributed by atoms with Crippen molar-refractivity contribution in [2.45, 2.75) is 38.8 Å². The largest absolute Gasteiger partial charge is 0.394 e. The van der Waals surface area contributed by atoms with Gasteiger partial charge in [-0.3, -0.25) is 4.79 Å². The Bertz CT molecular complexity index is 334. The molecule has 0 atom stereocenters. The summed E-state index contributed by atoms with van der Waals surface area (Å²) < 4.78 is 34.9. The second-order valence-electron chi connectivity index (χ2n) is 6.17. The number of carbonyl (C=O) groups is 1. The first-order chi connectivity index (χ1) is 8.18. The number of nitrogens with one attached hydrogen (secondary N) is 1. The van der Waals surface area contributed by atoms with E-state index in [1.807, 2.05) is 0 Å². The molecule has 0 aromatic rings. The SMILES string of the molecule is CC1(C(F)(F)F)CC1.NC(=O)C1CC2(CNC2)C1. The summed E-state index contributed by atoms with van der Waals surface area (Å²) in [4.78, 5) is 10.6. The van der Waals surface area contributed by atoms with Gasteiger partial charge in [-0.25, -0.2) is 0 Å². The molecule has 1 amide bonds. The van der Waals surface area contributed by atoms with E-state index in [2.05, 4.69) is 5.32 Å². The molecule has 0 radical (unpaired) electrons. The minimum Gasteiger partial charge on any atom is -0.369 e. The van der Waals surface area contributed by atoms with Crippen LogP contribution in [0.4, 0.5) is 13.2 Å². The molecule has 3 aliphatic rings. The van der Waals surface area contributed by atoms with E-state index in [0.29, 0.717) is 18.3 Å². The number of primary amides is 1. The van der Waals surface area contributed by atoms with Crippen LogP contribution >= 0.6 is 0 Å². The Kier molecular flexibility index (Phi) is 3.12. The molecule has 2 aliphatic carbocycles. The smallest absolute Gasteiger partial charge is 0.369 e. The molecule has 18 heavy (non-hydrogen) atoms. The normalized spacial score (nSPS) is 27.6. The lowest BCUT2D eigenvalue weighted by Crippen LogP contribution is -2.62. The van der Waals surface area contributed by atoms with Crippen LogP contribution in [0, 0.1) is 16.7 Å². The van der Waals surface area contributed by atoms with Gasteiger partial charge in [0.25, 0.3) is 0 Å². The topological polar surface area (TPSA) is 55.1 Å². The quantitative estimate of drug-likeness (QED) is 0.759. The standard InChI is InChI=1S/C7H12N2O.C5H7F3/c8-6(10)5-1-7(2-5)3-9-4-7;1-4(2-3-4)5(6,7)8/h5,9H,1-4H2,(H2,8,10);2-3H2,1H3. The maximum Gasteiger partial charge on any atom is 0.394 e. The fourth-order valence-electron chi connectivity index (χ4n) is 2.42. The van der Waals surface area contributed by atoms with E-state index in [9.17, 15) is 18.0 Å². The van der Waals surface area contributed by atoms with Gasteiger partial charge in [0.05, 0.1) is 5.41 Å². The lowest BCUT2D eigenvalue weighted by molar-refractivity contribution is -0.181. The molecule has 6 heteroatoms. The first kappa shape index (κ1) is 13.6. The molecule has 1 heterocycles. The predicted octanol–water partition coefficient (Wildman–Crippen LogP) is 1.82.